The highest BCUT2D eigenvalue weighted by atomic mass is 19.4. The number of hydrogen-bond donors (Lipinski definition) is 1. The van der Waals surface area contributed by atoms with E-state index < -0.39 is 41.0 Å². The van der Waals surface area contributed by atoms with Crippen molar-refractivity contribution in [1.29, 1.82) is 0 Å². The number of benzene rings is 1. The predicted molar refractivity (Wildman–Crippen MR) is 110 cm³/mol. The van der Waals surface area contributed by atoms with Crippen molar-refractivity contribution in [3.05, 3.63) is 71.3 Å². The Balaban J connectivity index is 1.83. The molecule has 0 spiro atoms. The largest absolute Gasteiger partial charge is 0.435 e. The lowest BCUT2D eigenvalue weighted by molar-refractivity contribution is -0.141. The summed E-state index contributed by atoms with van der Waals surface area (Å²) in [7, 11) is 0. The normalized spacial score (nSPS) is 13.2. The van der Waals surface area contributed by atoms with Crippen molar-refractivity contribution in [3.63, 3.8) is 0 Å². The lowest BCUT2D eigenvalue weighted by atomic mass is 9.89. The van der Waals surface area contributed by atoms with Crippen LogP contribution in [0.5, 0.6) is 0 Å². The van der Waals surface area contributed by atoms with Crippen molar-refractivity contribution in [3.8, 4) is 5.95 Å². The first-order valence-electron chi connectivity index (χ1n) is 10.3. The lowest BCUT2D eigenvalue weighted by Gasteiger charge is -2.21. The van der Waals surface area contributed by atoms with Crippen molar-refractivity contribution in [2.75, 3.05) is 6.54 Å². The summed E-state index contributed by atoms with van der Waals surface area (Å²) in [6.07, 6.45) is -5.37. The third kappa shape index (κ3) is 6.12. The van der Waals surface area contributed by atoms with Crippen LogP contribution in [0.2, 0.25) is 0 Å². The average molecular weight is 485 g/mol. The maximum Gasteiger partial charge on any atom is 0.435 e. The summed E-state index contributed by atoms with van der Waals surface area (Å²) in [6, 6.07) is 5.98. The first-order valence-corrected chi connectivity index (χ1v) is 10.3. The zero-order chi connectivity index (χ0) is 25.1. The van der Waals surface area contributed by atoms with Crippen molar-refractivity contribution in [2.45, 2.75) is 38.5 Å². The van der Waals surface area contributed by atoms with Gasteiger partial charge in [0.1, 0.15) is 0 Å². The topological polar surface area (TPSA) is 72.7 Å². The van der Waals surface area contributed by atoms with E-state index in [0.717, 1.165) is 23.0 Å². The second kappa shape index (κ2) is 9.82. The van der Waals surface area contributed by atoms with Crippen LogP contribution in [0.15, 0.2) is 48.9 Å². The molecule has 6 nitrogen and oxygen atoms in total. The number of rotatable bonds is 7. The molecule has 2 heterocycles. The van der Waals surface area contributed by atoms with Crippen LogP contribution in [-0.4, -0.2) is 32.2 Å². The fourth-order valence-electron chi connectivity index (χ4n) is 3.42. The van der Waals surface area contributed by atoms with Gasteiger partial charge >= 0.3 is 12.4 Å². The Morgan fingerprint density at radius 1 is 1.00 bits per heavy atom. The van der Waals surface area contributed by atoms with E-state index in [0.29, 0.717) is 12.0 Å². The molecule has 2 aromatic heterocycles. The molecular weight excluding hydrogens is 464 g/mol. The van der Waals surface area contributed by atoms with E-state index in [1.54, 1.807) is 0 Å². The summed E-state index contributed by atoms with van der Waals surface area (Å²) in [5.41, 5.74) is -2.39. The number of carbonyl (C=O) groups is 1. The SMILES string of the molecule is CC(C)CC(CNC(=O)c1cn(-c2ncccn2)nc1C(F)(F)F)c1ccc(C(F)(F)F)cc1. The molecule has 1 aromatic carbocycles. The molecule has 1 amide bonds. The number of aromatic nitrogens is 4. The maximum absolute atomic E-state index is 13.5. The van der Waals surface area contributed by atoms with Gasteiger partial charge in [0.05, 0.1) is 11.1 Å². The Morgan fingerprint density at radius 2 is 1.62 bits per heavy atom. The van der Waals surface area contributed by atoms with E-state index in [2.05, 4.69) is 20.4 Å². The van der Waals surface area contributed by atoms with Gasteiger partial charge in [-0.2, -0.15) is 31.4 Å². The van der Waals surface area contributed by atoms with Crippen molar-refractivity contribution in [2.24, 2.45) is 5.92 Å². The number of amides is 1. The molecule has 182 valence electrons. The Bertz CT molecular complexity index is 1110. The molecule has 12 heteroatoms. The molecule has 0 aliphatic heterocycles. The molecule has 0 saturated carbocycles. The molecule has 0 radical (unpaired) electrons. The molecule has 34 heavy (non-hydrogen) atoms. The van der Waals surface area contributed by atoms with Gasteiger partial charge in [-0.05, 0) is 36.1 Å². The van der Waals surface area contributed by atoms with Gasteiger partial charge in [0.2, 0.25) is 5.95 Å². The molecule has 3 rings (SSSR count). The second-order valence-corrected chi connectivity index (χ2v) is 8.04. The minimum atomic E-state index is -4.91. The quantitative estimate of drug-likeness (QED) is 0.464. The molecule has 0 saturated heterocycles. The minimum absolute atomic E-state index is 0.0767. The summed E-state index contributed by atoms with van der Waals surface area (Å²) in [4.78, 5) is 20.4. The Kier molecular flexibility index (Phi) is 7.27. The molecule has 1 unspecified atom stereocenters. The van der Waals surface area contributed by atoms with Crippen LogP contribution >= 0.6 is 0 Å². The zero-order valence-corrected chi connectivity index (χ0v) is 18.2. The van der Waals surface area contributed by atoms with Gasteiger partial charge in [-0.1, -0.05) is 26.0 Å². The number of nitrogens with zero attached hydrogens (tertiary/aromatic N) is 4. The molecule has 0 aliphatic carbocycles. The van der Waals surface area contributed by atoms with Crippen molar-refractivity contribution >= 4 is 5.91 Å². The summed E-state index contributed by atoms with van der Waals surface area (Å²) in [5.74, 6) is -1.45. The van der Waals surface area contributed by atoms with Gasteiger partial charge in [0.25, 0.3) is 5.91 Å². The van der Waals surface area contributed by atoms with E-state index in [1.807, 2.05) is 13.8 Å². The van der Waals surface area contributed by atoms with E-state index >= 15 is 0 Å². The molecule has 1 atom stereocenters. The fraction of sp³-hybridized carbons (Fsp3) is 0.364. The summed E-state index contributed by atoms with van der Waals surface area (Å²) < 4.78 is 79.9. The summed E-state index contributed by atoms with van der Waals surface area (Å²) >= 11 is 0. The van der Waals surface area contributed by atoms with E-state index in [-0.39, 0.29) is 18.4 Å². The molecule has 1 N–H and O–H groups in total. The number of alkyl halides is 6. The monoisotopic (exact) mass is 485 g/mol. The van der Waals surface area contributed by atoms with Gasteiger partial charge in [-0.3, -0.25) is 4.79 Å². The molecular formula is C22H21F6N5O. The van der Waals surface area contributed by atoms with Crippen LogP contribution in [0.25, 0.3) is 5.95 Å². The van der Waals surface area contributed by atoms with E-state index in [4.69, 9.17) is 0 Å². The van der Waals surface area contributed by atoms with E-state index in [1.165, 1.54) is 30.6 Å². The number of hydrogen-bond acceptors (Lipinski definition) is 4. The van der Waals surface area contributed by atoms with Crippen molar-refractivity contribution in [1.82, 2.24) is 25.1 Å². The Morgan fingerprint density at radius 3 is 2.15 bits per heavy atom. The minimum Gasteiger partial charge on any atom is -0.351 e. The molecule has 0 bridgehead atoms. The smallest absolute Gasteiger partial charge is 0.351 e. The van der Waals surface area contributed by atoms with Gasteiger partial charge in [0, 0.05) is 31.1 Å². The second-order valence-electron chi connectivity index (χ2n) is 8.04. The van der Waals surface area contributed by atoms with Gasteiger partial charge in [0.15, 0.2) is 5.69 Å². The van der Waals surface area contributed by atoms with Crippen LogP contribution in [0.3, 0.4) is 0 Å². The molecule has 3 aromatic rings. The number of nitrogens with one attached hydrogen (secondary N) is 1. The Labute approximate surface area is 191 Å². The standard InChI is InChI=1S/C22H21F6N5O/c1-13(2)10-15(14-4-6-16(7-5-14)21(23,24)25)11-31-19(34)17-12-33(20-29-8-3-9-30-20)32-18(17)22(26,27)28/h3-9,12-13,15H,10-11H2,1-2H3,(H,31,34). The molecule has 0 aliphatic rings. The first-order chi connectivity index (χ1) is 15.9. The lowest BCUT2D eigenvalue weighted by Crippen LogP contribution is -2.30. The van der Waals surface area contributed by atoms with Crippen LogP contribution in [-0.2, 0) is 12.4 Å². The maximum atomic E-state index is 13.5. The van der Waals surface area contributed by atoms with E-state index in [9.17, 15) is 31.1 Å². The fourth-order valence-corrected chi connectivity index (χ4v) is 3.42. The molecule has 0 fully saturated rings. The summed E-state index contributed by atoms with van der Waals surface area (Å²) in [6.45, 7) is 3.71. The Hall–Kier alpha value is -3.44. The zero-order valence-electron chi connectivity index (χ0n) is 18.2. The number of halogens is 6. The first kappa shape index (κ1) is 25.2. The van der Waals surface area contributed by atoms with Crippen LogP contribution < -0.4 is 5.32 Å². The van der Waals surface area contributed by atoms with Gasteiger partial charge in [-0.25, -0.2) is 14.6 Å². The number of carbonyl (C=O) groups excluding carboxylic acids is 1. The highest BCUT2D eigenvalue weighted by Gasteiger charge is 2.39. The van der Waals surface area contributed by atoms with Crippen molar-refractivity contribution < 1.29 is 31.1 Å². The van der Waals surface area contributed by atoms with Gasteiger partial charge in [-0.15, -0.1) is 0 Å². The highest BCUT2D eigenvalue weighted by molar-refractivity contribution is 5.95. The van der Waals surface area contributed by atoms with Crippen LogP contribution in [0, 0.1) is 5.92 Å². The third-order valence-electron chi connectivity index (χ3n) is 4.96. The van der Waals surface area contributed by atoms with Crippen LogP contribution in [0.4, 0.5) is 26.3 Å². The predicted octanol–water partition coefficient (Wildman–Crippen LogP) is 5.26. The third-order valence-corrected chi connectivity index (χ3v) is 4.96. The highest BCUT2D eigenvalue weighted by Crippen LogP contribution is 2.33. The summed E-state index contributed by atoms with van der Waals surface area (Å²) in [5, 5.41) is 5.91. The average Bonchev–Trinajstić information content (AvgIpc) is 3.23. The van der Waals surface area contributed by atoms with Gasteiger partial charge < -0.3 is 5.32 Å². The van der Waals surface area contributed by atoms with Crippen LogP contribution in [0.1, 0.15) is 53.4 Å².